The molecule has 0 amide bonds. The van der Waals surface area contributed by atoms with E-state index >= 15 is 0 Å². The van der Waals surface area contributed by atoms with Crippen molar-refractivity contribution in [1.29, 1.82) is 0 Å². The van der Waals surface area contributed by atoms with Crippen molar-refractivity contribution in [3.63, 3.8) is 0 Å². The Hall–Kier alpha value is -1.23. The molecule has 1 N–H and O–H groups in total. The summed E-state index contributed by atoms with van der Waals surface area (Å²) in [5.74, 6) is 1.76. The molecule has 0 spiro atoms. The fraction of sp³-hybridized carbons (Fsp3) is 0.333. The topological polar surface area (TPSA) is 34.4 Å². The Morgan fingerprint density at radius 3 is 2.74 bits per heavy atom. The first-order chi connectivity index (χ1) is 9.30. The van der Waals surface area contributed by atoms with E-state index in [0.29, 0.717) is 6.61 Å². The van der Waals surface area contributed by atoms with Gasteiger partial charge < -0.3 is 14.5 Å². The zero-order valence-corrected chi connectivity index (χ0v) is 12.3. The van der Waals surface area contributed by atoms with Crippen molar-refractivity contribution in [2.45, 2.75) is 17.5 Å². The number of benzene rings is 1. The van der Waals surface area contributed by atoms with Gasteiger partial charge in [0, 0.05) is 12.0 Å². The Labute approximate surface area is 118 Å². The number of hydrogen-bond acceptors (Lipinski definition) is 4. The number of thioether (sulfide) groups is 1. The molecule has 3 nitrogen and oxygen atoms in total. The monoisotopic (exact) mass is 277 g/mol. The van der Waals surface area contributed by atoms with Crippen LogP contribution >= 0.6 is 11.8 Å². The Morgan fingerprint density at radius 1 is 1.26 bits per heavy atom. The van der Waals surface area contributed by atoms with Crippen molar-refractivity contribution in [1.82, 2.24) is 5.32 Å². The molecular weight excluding hydrogens is 258 g/mol. The Morgan fingerprint density at radius 2 is 2.05 bits per heavy atom. The fourth-order valence-electron chi connectivity index (χ4n) is 2.13. The summed E-state index contributed by atoms with van der Waals surface area (Å²) in [6.07, 6.45) is 2.09. The number of hydrogen-bond donors (Lipinski definition) is 1. The Balaban J connectivity index is 2.32. The van der Waals surface area contributed by atoms with Crippen LogP contribution < -0.4 is 5.32 Å². The summed E-state index contributed by atoms with van der Waals surface area (Å²) in [7, 11) is 3.61. The quantitative estimate of drug-likeness (QED) is 0.820. The number of rotatable bonds is 6. The normalized spacial score (nSPS) is 12.6. The van der Waals surface area contributed by atoms with Crippen LogP contribution in [0.4, 0.5) is 0 Å². The maximum atomic E-state index is 5.83. The van der Waals surface area contributed by atoms with Gasteiger partial charge >= 0.3 is 0 Å². The van der Waals surface area contributed by atoms with E-state index < -0.39 is 0 Å². The van der Waals surface area contributed by atoms with Crippen LogP contribution in [-0.4, -0.2) is 20.4 Å². The molecule has 1 atom stereocenters. The van der Waals surface area contributed by atoms with E-state index in [4.69, 9.17) is 9.15 Å². The highest BCUT2D eigenvalue weighted by Crippen LogP contribution is 2.30. The second-order valence-electron chi connectivity index (χ2n) is 4.20. The van der Waals surface area contributed by atoms with E-state index in [9.17, 15) is 0 Å². The largest absolute Gasteiger partial charge is 0.462 e. The van der Waals surface area contributed by atoms with E-state index in [-0.39, 0.29) is 6.04 Å². The predicted molar refractivity (Wildman–Crippen MR) is 78.5 cm³/mol. The van der Waals surface area contributed by atoms with Crippen molar-refractivity contribution in [3.05, 3.63) is 53.5 Å². The molecule has 19 heavy (non-hydrogen) atoms. The molecule has 0 aliphatic carbocycles. The molecule has 0 bridgehead atoms. The van der Waals surface area contributed by atoms with E-state index in [0.717, 1.165) is 11.5 Å². The summed E-state index contributed by atoms with van der Waals surface area (Å²) in [4.78, 5) is 1.26. The summed E-state index contributed by atoms with van der Waals surface area (Å²) < 4.78 is 10.9. The summed E-state index contributed by atoms with van der Waals surface area (Å²) in [6, 6.07) is 12.4. The van der Waals surface area contributed by atoms with Gasteiger partial charge in [0.05, 0.1) is 6.04 Å². The first kappa shape index (κ1) is 14.2. The van der Waals surface area contributed by atoms with Gasteiger partial charge in [-0.05, 0) is 37.1 Å². The third-order valence-electron chi connectivity index (χ3n) is 2.99. The molecule has 0 saturated carbocycles. The molecule has 0 aliphatic heterocycles. The van der Waals surface area contributed by atoms with Gasteiger partial charge in [0.15, 0.2) is 0 Å². The SMILES string of the molecule is CNC(c1ccc(COC)o1)c1ccccc1SC. The second kappa shape index (κ2) is 6.80. The third kappa shape index (κ3) is 3.21. The molecule has 1 aromatic carbocycles. The lowest BCUT2D eigenvalue weighted by Gasteiger charge is -2.17. The number of ether oxygens (including phenoxy) is 1. The molecule has 2 rings (SSSR count). The van der Waals surface area contributed by atoms with Gasteiger partial charge in [0.2, 0.25) is 0 Å². The number of furan rings is 1. The zero-order chi connectivity index (χ0) is 13.7. The minimum Gasteiger partial charge on any atom is -0.462 e. The van der Waals surface area contributed by atoms with Crippen LogP contribution in [0.5, 0.6) is 0 Å². The maximum Gasteiger partial charge on any atom is 0.129 e. The molecule has 0 fully saturated rings. The molecule has 4 heteroatoms. The van der Waals surface area contributed by atoms with Crippen molar-refractivity contribution in [3.8, 4) is 0 Å². The Bertz CT molecular complexity index is 524. The van der Waals surface area contributed by atoms with Crippen molar-refractivity contribution in [2.24, 2.45) is 0 Å². The zero-order valence-electron chi connectivity index (χ0n) is 11.5. The van der Waals surface area contributed by atoms with E-state index in [1.54, 1.807) is 18.9 Å². The maximum absolute atomic E-state index is 5.83. The van der Waals surface area contributed by atoms with E-state index in [1.807, 2.05) is 19.2 Å². The smallest absolute Gasteiger partial charge is 0.129 e. The predicted octanol–water partition coefficient (Wildman–Crippen LogP) is 3.46. The van der Waals surface area contributed by atoms with Crippen molar-refractivity contribution < 1.29 is 9.15 Å². The van der Waals surface area contributed by atoms with E-state index in [2.05, 4.69) is 35.8 Å². The number of methoxy groups -OCH3 is 1. The van der Waals surface area contributed by atoms with Crippen molar-refractivity contribution >= 4 is 11.8 Å². The third-order valence-corrected chi connectivity index (χ3v) is 3.80. The van der Waals surface area contributed by atoms with E-state index in [1.165, 1.54) is 10.5 Å². The minimum atomic E-state index is 0.0641. The average molecular weight is 277 g/mol. The van der Waals surface area contributed by atoms with Crippen molar-refractivity contribution in [2.75, 3.05) is 20.4 Å². The molecule has 1 heterocycles. The first-order valence-electron chi connectivity index (χ1n) is 6.18. The van der Waals surface area contributed by atoms with Gasteiger partial charge in [-0.3, -0.25) is 0 Å². The molecule has 1 unspecified atom stereocenters. The van der Waals surface area contributed by atoms with Gasteiger partial charge in [-0.25, -0.2) is 0 Å². The Kier molecular flexibility index (Phi) is 5.07. The highest BCUT2D eigenvalue weighted by Gasteiger charge is 2.18. The van der Waals surface area contributed by atoms with Gasteiger partial charge in [0.25, 0.3) is 0 Å². The molecule has 1 aromatic heterocycles. The molecule has 0 radical (unpaired) electrons. The number of nitrogens with one attached hydrogen (secondary N) is 1. The summed E-state index contributed by atoms with van der Waals surface area (Å²) >= 11 is 1.74. The molecule has 102 valence electrons. The van der Waals surface area contributed by atoms with Crippen LogP contribution in [0.25, 0.3) is 0 Å². The van der Waals surface area contributed by atoms with Gasteiger partial charge in [-0.1, -0.05) is 18.2 Å². The standard InChI is InChI=1S/C15H19NO2S/c1-16-15(12-6-4-5-7-14(12)19-3)13-9-8-11(18-13)10-17-2/h4-9,15-16H,10H2,1-3H3. The summed E-state index contributed by atoms with van der Waals surface area (Å²) in [5, 5.41) is 3.32. The fourth-order valence-corrected chi connectivity index (χ4v) is 2.76. The average Bonchev–Trinajstić information content (AvgIpc) is 2.89. The van der Waals surface area contributed by atoms with Crippen LogP contribution in [0.1, 0.15) is 23.1 Å². The summed E-state index contributed by atoms with van der Waals surface area (Å²) in [6.45, 7) is 0.501. The lowest BCUT2D eigenvalue weighted by molar-refractivity contribution is 0.162. The van der Waals surface area contributed by atoms with Crippen LogP contribution in [0.3, 0.4) is 0 Å². The highest BCUT2D eigenvalue weighted by molar-refractivity contribution is 7.98. The molecule has 2 aromatic rings. The van der Waals surface area contributed by atoms with Gasteiger partial charge in [0.1, 0.15) is 18.1 Å². The first-order valence-corrected chi connectivity index (χ1v) is 7.40. The van der Waals surface area contributed by atoms with Crippen LogP contribution in [0.15, 0.2) is 45.7 Å². The van der Waals surface area contributed by atoms with Crippen LogP contribution in [0.2, 0.25) is 0 Å². The van der Waals surface area contributed by atoms with Crippen LogP contribution in [-0.2, 0) is 11.3 Å². The van der Waals surface area contributed by atoms with Crippen LogP contribution in [0, 0.1) is 0 Å². The molecule has 0 saturated heterocycles. The minimum absolute atomic E-state index is 0.0641. The van der Waals surface area contributed by atoms with Gasteiger partial charge in [-0.2, -0.15) is 0 Å². The lowest BCUT2D eigenvalue weighted by atomic mass is 10.0. The second-order valence-corrected chi connectivity index (χ2v) is 5.05. The highest BCUT2D eigenvalue weighted by atomic mass is 32.2. The lowest BCUT2D eigenvalue weighted by Crippen LogP contribution is -2.17. The molecule has 0 aliphatic rings. The van der Waals surface area contributed by atoms with Gasteiger partial charge in [-0.15, -0.1) is 11.8 Å². The molecular formula is C15H19NO2S. The summed E-state index contributed by atoms with van der Waals surface area (Å²) in [5.41, 5.74) is 1.23.